The molecule has 0 aliphatic heterocycles. The summed E-state index contributed by atoms with van der Waals surface area (Å²) in [5, 5.41) is 6.34. The number of para-hydroxylation sites is 1. The average Bonchev–Trinajstić information content (AvgIpc) is 2.99. The van der Waals surface area contributed by atoms with Crippen LogP contribution in [0.1, 0.15) is 12.5 Å². The molecule has 0 saturated heterocycles. The third-order valence-corrected chi connectivity index (χ3v) is 4.11. The van der Waals surface area contributed by atoms with Crippen molar-refractivity contribution >= 4 is 34.6 Å². The van der Waals surface area contributed by atoms with E-state index in [9.17, 15) is 0 Å². The topological polar surface area (TPSA) is 34.1 Å². The Morgan fingerprint density at radius 3 is 2.52 bits per heavy atom. The van der Waals surface area contributed by atoms with Crippen molar-refractivity contribution in [3.05, 3.63) is 59.5 Å². The summed E-state index contributed by atoms with van der Waals surface area (Å²) in [7, 11) is 0. The van der Waals surface area contributed by atoms with E-state index < -0.39 is 0 Å². The van der Waals surface area contributed by atoms with Crippen molar-refractivity contribution in [1.82, 2.24) is 4.98 Å². The molecule has 0 unspecified atom stereocenters. The number of halogens is 1. The standard InChI is InChI=1S/C18H18N2OS.ClH/c1-3-21-15-10-8-14(9-11-15)17-12-22-18(20-17)19-16-7-5-4-6-13(16)2;/h4-12H,3H2,1-2H3,(H,19,20);1H. The first-order valence-corrected chi connectivity index (χ1v) is 8.15. The molecule has 0 radical (unpaired) electrons. The molecule has 0 bridgehead atoms. The van der Waals surface area contributed by atoms with Gasteiger partial charge < -0.3 is 10.1 Å². The molecule has 1 N–H and O–H groups in total. The SMILES string of the molecule is CCOc1ccc(-c2csc(Nc3ccccc3C)n2)cc1.Cl. The minimum atomic E-state index is 0. The molecular weight excluding hydrogens is 328 g/mol. The van der Waals surface area contributed by atoms with E-state index in [1.807, 2.05) is 43.3 Å². The van der Waals surface area contributed by atoms with Crippen LogP contribution in [0.3, 0.4) is 0 Å². The molecule has 23 heavy (non-hydrogen) atoms. The number of aromatic nitrogens is 1. The monoisotopic (exact) mass is 346 g/mol. The summed E-state index contributed by atoms with van der Waals surface area (Å²) in [5.74, 6) is 0.889. The lowest BCUT2D eigenvalue weighted by Gasteiger charge is -2.05. The molecule has 0 saturated carbocycles. The molecule has 0 aliphatic carbocycles. The summed E-state index contributed by atoms with van der Waals surface area (Å²) in [6.07, 6.45) is 0. The maximum absolute atomic E-state index is 5.46. The number of ether oxygens (including phenoxy) is 1. The van der Waals surface area contributed by atoms with Crippen LogP contribution in [-0.4, -0.2) is 11.6 Å². The van der Waals surface area contributed by atoms with Gasteiger partial charge in [-0.2, -0.15) is 0 Å². The number of aryl methyl sites for hydroxylation is 1. The van der Waals surface area contributed by atoms with Crippen molar-refractivity contribution in [1.29, 1.82) is 0 Å². The number of hydrogen-bond acceptors (Lipinski definition) is 4. The number of thiazole rings is 1. The molecule has 0 atom stereocenters. The lowest BCUT2D eigenvalue weighted by atomic mass is 10.2. The molecule has 0 aliphatic rings. The van der Waals surface area contributed by atoms with Gasteiger partial charge in [0.2, 0.25) is 0 Å². The second-order valence-electron chi connectivity index (χ2n) is 4.94. The number of anilines is 2. The molecule has 0 amide bonds. The highest BCUT2D eigenvalue weighted by molar-refractivity contribution is 7.14. The van der Waals surface area contributed by atoms with E-state index in [-0.39, 0.29) is 12.4 Å². The fourth-order valence-electron chi connectivity index (χ4n) is 2.18. The van der Waals surface area contributed by atoms with Crippen LogP contribution in [-0.2, 0) is 0 Å². The van der Waals surface area contributed by atoms with E-state index in [2.05, 4.69) is 34.7 Å². The Hall–Kier alpha value is -2.04. The highest BCUT2D eigenvalue weighted by atomic mass is 35.5. The van der Waals surface area contributed by atoms with Gasteiger partial charge in [-0.15, -0.1) is 23.7 Å². The molecular formula is C18H19ClN2OS. The Morgan fingerprint density at radius 1 is 1.09 bits per heavy atom. The maximum atomic E-state index is 5.46. The third-order valence-electron chi connectivity index (χ3n) is 3.35. The second-order valence-corrected chi connectivity index (χ2v) is 5.79. The molecule has 1 aromatic heterocycles. The van der Waals surface area contributed by atoms with Gasteiger partial charge >= 0.3 is 0 Å². The predicted molar refractivity (Wildman–Crippen MR) is 100 cm³/mol. The normalized spacial score (nSPS) is 10.0. The van der Waals surface area contributed by atoms with Gasteiger partial charge in [0.05, 0.1) is 12.3 Å². The van der Waals surface area contributed by atoms with Crippen molar-refractivity contribution in [2.24, 2.45) is 0 Å². The predicted octanol–water partition coefficient (Wildman–Crippen LogP) is 5.68. The van der Waals surface area contributed by atoms with Crippen molar-refractivity contribution in [2.75, 3.05) is 11.9 Å². The Kier molecular flexibility index (Phi) is 6.02. The number of rotatable bonds is 5. The van der Waals surface area contributed by atoms with Crippen molar-refractivity contribution in [2.45, 2.75) is 13.8 Å². The Morgan fingerprint density at radius 2 is 1.83 bits per heavy atom. The zero-order valence-corrected chi connectivity index (χ0v) is 14.7. The molecule has 0 fully saturated rings. The number of benzene rings is 2. The van der Waals surface area contributed by atoms with E-state index in [0.717, 1.165) is 27.8 Å². The van der Waals surface area contributed by atoms with Crippen molar-refractivity contribution in [3.8, 4) is 17.0 Å². The zero-order chi connectivity index (χ0) is 15.4. The van der Waals surface area contributed by atoms with Crippen molar-refractivity contribution in [3.63, 3.8) is 0 Å². The smallest absolute Gasteiger partial charge is 0.187 e. The first kappa shape index (κ1) is 17.3. The van der Waals surface area contributed by atoms with Gasteiger partial charge in [-0.05, 0) is 49.7 Å². The van der Waals surface area contributed by atoms with E-state index in [4.69, 9.17) is 4.74 Å². The average molecular weight is 347 g/mol. The molecule has 3 nitrogen and oxygen atoms in total. The van der Waals surface area contributed by atoms with Gasteiger partial charge in [0, 0.05) is 16.6 Å². The van der Waals surface area contributed by atoms with Gasteiger partial charge in [0.25, 0.3) is 0 Å². The quantitative estimate of drug-likeness (QED) is 0.645. The summed E-state index contributed by atoms with van der Waals surface area (Å²) >= 11 is 1.61. The van der Waals surface area contributed by atoms with E-state index in [0.29, 0.717) is 6.61 Å². The summed E-state index contributed by atoms with van der Waals surface area (Å²) in [4.78, 5) is 4.66. The van der Waals surface area contributed by atoms with Gasteiger partial charge in [0.1, 0.15) is 5.75 Å². The molecule has 0 spiro atoms. The molecule has 5 heteroatoms. The Bertz CT molecular complexity index is 756. The van der Waals surface area contributed by atoms with Crippen LogP contribution in [0.25, 0.3) is 11.3 Å². The highest BCUT2D eigenvalue weighted by Gasteiger charge is 2.06. The lowest BCUT2D eigenvalue weighted by molar-refractivity contribution is 0.340. The van der Waals surface area contributed by atoms with E-state index in [1.165, 1.54) is 5.56 Å². The Balaban J connectivity index is 0.00000192. The summed E-state index contributed by atoms with van der Waals surface area (Å²) in [6.45, 7) is 4.75. The van der Waals surface area contributed by atoms with Gasteiger partial charge in [-0.25, -0.2) is 4.98 Å². The molecule has 3 rings (SSSR count). The molecule has 120 valence electrons. The van der Waals surface area contributed by atoms with Crippen molar-refractivity contribution < 1.29 is 4.74 Å². The van der Waals surface area contributed by atoms with Gasteiger partial charge in [-0.3, -0.25) is 0 Å². The van der Waals surface area contributed by atoms with Crippen LogP contribution >= 0.6 is 23.7 Å². The minimum absolute atomic E-state index is 0. The number of nitrogens with one attached hydrogen (secondary N) is 1. The third kappa shape index (κ3) is 4.24. The minimum Gasteiger partial charge on any atom is -0.494 e. The van der Waals surface area contributed by atoms with E-state index in [1.54, 1.807) is 11.3 Å². The summed E-state index contributed by atoms with van der Waals surface area (Å²) in [6, 6.07) is 16.2. The van der Waals surface area contributed by atoms with Crippen LogP contribution < -0.4 is 10.1 Å². The zero-order valence-electron chi connectivity index (χ0n) is 13.1. The first-order valence-electron chi connectivity index (χ1n) is 7.27. The second kappa shape index (κ2) is 7.99. The number of hydrogen-bond donors (Lipinski definition) is 1. The molecule has 3 aromatic rings. The van der Waals surface area contributed by atoms with Crippen LogP contribution in [0.5, 0.6) is 5.75 Å². The summed E-state index contributed by atoms with van der Waals surface area (Å²) < 4.78 is 5.46. The number of nitrogens with zero attached hydrogens (tertiary/aromatic N) is 1. The van der Waals surface area contributed by atoms with Gasteiger partial charge in [-0.1, -0.05) is 18.2 Å². The van der Waals surface area contributed by atoms with Crippen LogP contribution in [0.2, 0.25) is 0 Å². The first-order chi connectivity index (χ1) is 10.8. The fourth-order valence-corrected chi connectivity index (χ4v) is 2.91. The van der Waals surface area contributed by atoms with Gasteiger partial charge in [0.15, 0.2) is 5.13 Å². The Labute approximate surface area is 146 Å². The molecule has 1 heterocycles. The van der Waals surface area contributed by atoms with Crippen LogP contribution in [0, 0.1) is 6.92 Å². The maximum Gasteiger partial charge on any atom is 0.187 e. The largest absolute Gasteiger partial charge is 0.494 e. The van der Waals surface area contributed by atoms with E-state index >= 15 is 0 Å². The fraction of sp³-hybridized carbons (Fsp3) is 0.167. The summed E-state index contributed by atoms with van der Waals surface area (Å²) in [5.41, 5.74) is 4.37. The van der Waals surface area contributed by atoms with Crippen LogP contribution in [0.4, 0.5) is 10.8 Å². The molecule has 2 aromatic carbocycles. The van der Waals surface area contributed by atoms with Crippen LogP contribution in [0.15, 0.2) is 53.9 Å². The lowest BCUT2D eigenvalue weighted by Crippen LogP contribution is -1.92. The highest BCUT2D eigenvalue weighted by Crippen LogP contribution is 2.29.